The van der Waals surface area contributed by atoms with Crippen molar-refractivity contribution >= 4 is 12.0 Å². The van der Waals surface area contributed by atoms with Crippen molar-refractivity contribution in [1.82, 2.24) is 5.32 Å². The number of carbonyl (C=O) groups excluding carboxylic acids is 1. The molecule has 2 N–H and O–H groups in total. The second-order valence-corrected chi connectivity index (χ2v) is 3.14. The van der Waals surface area contributed by atoms with Crippen molar-refractivity contribution in [1.29, 1.82) is 0 Å². The summed E-state index contributed by atoms with van der Waals surface area (Å²) in [7, 11) is 0. The van der Waals surface area contributed by atoms with Gasteiger partial charge < -0.3 is 10.4 Å². The van der Waals surface area contributed by atoms with Crippen LogP contribution >= 0.6 is 0 Å². The van der Waals surface area contributed by atoms with Crippen LogP contribution in [0.15, 0.2) is 24.3 Å². The van der Waals surface area contributed by atoms with Crippen LogP contribution in [0.2, 0.25) is 0 Å². The highest BCUT2D eigenvalue weighted by atomic mass is 16.2. The van der Waals surface area contributed by atoms with Gasteiger partial charge in [0, 0.05) is 12.1 Å². The predicted octanol–water partition coefficient (Wildman–Crippen LogP) is 0.935. The minimum atomic E-state index is -0.0146. The molecule has 0 radical (unpaired) electrons. The first-order valence-electron chi connectivity index (χ1n) is 4.50. The van der Waals surface area contributed by atoms with Crippen molar-refractivity contribution in [3.8, 4) is 0 Å². The fourth-order valence-electron chi connectivity index (χ4n) is 1.61. The van der Waals surface area contributed by atoms with E-state index < -0.39 is 0 Å². The van der Waals surface area contributed by atoms with E-state index in [0.29, 0.717) is 6.54 Å². The third kappa shape index (κ3) is 1.42. The van der Waals surface area contributed by atoms with Gasteiger partial charge in [-0.05, 0) is 17.2 Å². The van der Waals surface area contributed by atoms with Gasteiger partial charge in [0.15, 0.2) is 0 Å². The van der Waals surface area contributed by atoms with Gasteiger partial charge in [0.05, 0.1) is 6.61 Å². The summed E-state index contributed by atoms with van der Waals surface area (Å²) < 4.78 is 0. The zero-order chi connectivity index (χ0) is 9.97. The van der Waals surface area contributed by atoms with Crippen LogP contribution < -0.4 is 5.32 Å². The quantitative estimate of drug-likeness (QED) is 0.727. The molecule has 0 saturated heterocycles. The molecule has 0 atom stereocenters. The monoisotopic (exact) mass is 189 g/mol. The van der Waals surface area contributed by atoms with Crippen molar-refractivity contribution < 1.29 is 9.90 Å². The highest BCUT2D eigenvalue weighted by molar-refractivity contribution is 5.99. The molecule has 14 heavy (non-hydrogen) atoms. The zero-order valence-corrected chi connectivity index (χ0v) is 7.66. The molecule has 0 unspecified atom stereocenters. The SMILES string of the molecule is O=C1NCc2c(C=CCO)cccc21. The van der Waals surface area contributed by atoms with Gasteiger partial charge in [-0.1, -0.05) is 24.3 Å². The highest BCUT2D eigenvalue weighted by Gasteiger charge is 2.19. The van der Waals surface area contributed by atoms with Gasteiger partial charge in [0.25, 0.3) is 5.91 Å². The lowest BCUT2D eigenvalue weighted by atomic mass is 10.0. The van der Waals surface area contributed by atoms with Gasteiger partial charge in [0.1, 0.15) is 0 Å². The zero-order valence-electron chi connectivity index (χ0n) is 7.66. The van der Waals surface area contributed by atoms with Crippen LogP contribution in [-0.2, 0) is 6.54 Å². The van der Waals surface area contributed by atoms with E-state index in [9.17, 15) is 4.79 Å². The lowest BCUT2D eigenvalue weighted by molar-refractivity contribution is 0.0966. The van der Waals surface area contributed by atoms with Crippen LogP contribution in [0, 0.1) is 0 Å². The number of hydrogen-bond donors (Lipinski definition) is 2. The average molecular weight is 189 g/mol. The third-order valence-electron chi connectivity index (χ3n) is 2.29. The van der Waals surface area contributed by atoms with Crippen molar-refractivity contribution in [2.45, 2.75) is 6.54 Å². The van der Waals surface area contributed by atoms with Gasteiger partial charge in [-0.15, -0.1) is 0 Å². The van der Waals surface area contributed by atoms with Crippen LogP contribution in [0.4, 0.5) is 0 Å². The Morgan fingerprint density at radius 1 is 1.50 bits per heavy atom. The second-order valence-electron chi connectivity index (χ2n) is 3.14. The van der Waals surface area contributed by atoms with Crippen molar-refractivity contribution in [3.05, 3.63) is 41.0 Å². The Kier molecular flexibility index (Phi) is 2.33. The van der Waals surface area contributed by atoms with Gasteiger partial charge in [-0.25, -0.2) is 0 Å². The summed E-state index contributed by atoms with van der Waals surface area (Å²) >= 11 is 0. The molecule has 0 aromatic heterocycles. The van der Waals surface area contributed by atoms with Crippen LogP contribution in [0.25, 0.3) is 6.08 Å². The Hall–Kier alpha value is -1.61. The molecule has 1 amide bonds. The van der Waals surface area contributed by atoms with Gasteiger partial charge in [-0.3, -0.25) is 4.79 Å². The molecule has 3 nitrogen and oxygen atoms in total. The molecule has 1 heterocycles. The lowest BCUT2D eigenvalue weighted by Gasteiger charge is -2.00. The molecule has 1 aliphatic rings. The summed E-state index contributed by atoms with van der Waals surface area (Å²) in [6, 6.07) is 5.60. The smallest absolute Gasteiger partial charge is 0.251 e. The second kappa shape index (κ2) is 3.64. The first-order valence-corrected chi connectivity index (χ1v) is 4.50. The minimum absolute atomic E-state index is 0.0146. The molecule has 0 spiro atoms. The van der Waals surface area contributed by atoms with Gasteiger partial charge in [0.2, 0.25) is 0 Å². The standard InChI is InChI=1S/C11H11NO2/c13-6-2-4-8-3-1-5-9-10(8)7-12-11(9)14/h1-5,13H,6-7H2,(H,12,14). The van der Waals surface area contributed by atoms with Crippen LogP contribution in [0.5, 0.6) is 0 Å². The maximum absolute atomic E-state index is 11.3. The summed E-state index contributed by atoms with van der Waals surface area (Å²) in [5, 5.41) is 11.4. The van der Waals surface area contributed by atoms with E-state index in [1.54, 1.807) is 6.08 Å². The van der Waals surface area contributed by atoms with Crippen LogP contribution in [0.1, 0.15) is 21.5 Å². The molecule has 1 aromatic carbocycles. The Bertz CT molecular complexity index is 396. The number of aliphatic hydroxyl groups is 1. The normalized spacial score (nSPS) is 14.5. The lowest BCUT2D eigenvalue weighted by Crippen LogP contribution is -2.12. The fourth-order valence-corrected chi connectivity index (χ4v) is 1.61. The number of benzene rings is 1. The summed E-state index contributed by atoms with van der Waals surface area (Å²) in [6.07, 6.45) is 3.50. The molecule has 0 aliphatic carbocycles. The number of hydrogen-bond acceptors (Lipinski definition) is 2. The van der Waals surface area contributed by atoms with Gasteiger partial charge >= 0.3 is 0 Å². The largest absolute Gasteiger partial charge is 0.392 e. The fraction of sp³-hybridized carbons (Fsp3) is 0.182. The molecule has 0 fully saturated rings. The summed E-state index contributed by atoms with van der Waals surface area (Å²) in [4.78, 5) is 11.3. The average Bonchev–Trinajstić information content (AvgIpc) is 2.58. The molecule has 0 bridgehead atoms. The van der Waals surface area contributed by atoms with E-state index in [1.807, 2.05) is 24.3 Å². The van der Waals surface area contributed by atoms with E-state index in [0.717, 1.165) is 16.7 Å². The molecule has 3 heteroatoms. The van der Waals surface area contributed by atoms with E-state index >= 15 is 0 Å². The number of fused-ring (bicyclic) bond motifs is 1. The van der Waals surface area contributed by atoms with Crippen molar-refractivity contribution in [3.63, 3.8) is 0 Å². The summed E-state index contributed by atoms with van der Waals surface area (Å²) in [5.41, 5.74) is 2.75. The maximum Gasteiger partial charge on any atom is 0.251 e. The van der Waals surface area contributed by atoms with E-state index in [-0.39, 0.29) is 12.5 Å². The van der Waals surface area contributed by atoms with Crippen molar-refractivity contribution in [2.24, 2.45) is 0 Å². The third-order valence-corrected chi connectivity index (χ3v) is 2.29. The molecule has 1 aliphatic heterocycles. The maximum atomic E-state index is 11.3. The highest BCUT2D eigenvalue weighted by Crippen LogP contribution is 2.20. The number of nitrogens with one attached hydrogen (secondary N) is 1. The van der Waals surface area contributed by atoms with Crippen LogP contribution in [-0.4, -0.2) is 17.6 Å². The molecule has 0 saturated carbocycles. The summed E-state index contributed by atoms with van der Waals surface area (Å²) in [5.74, 6) is -0.0146. The molecule has 1 aromatic rings. The number of aliphatic hydroxyl groups excluding tert-OH is 1. The van der Waals surface area contributed by atoms with Crippen LogP contribution in [0.3, 0.4) is 0 Å². The Morgan fingerprint density at radius 2 is 2.36 bits per heavy atom. The van der Waals surface area contributed by atoms with Gasteiger partial charge in [-0.2, -0.15) is 0 Å². The van der Waals surface area contributed by atoms with Crippen molar-refractivity contribution in [2.75, 3.05) is 6.61 Å². The Labute approximate surface area is 82.1 Å². The summed E-state index contributed by atoms with van der Waals surface area (Å²) in [6.45, 7) is 0.602. The topological polar surface area (TPSA) is 49.3 Å². The number of carbonyl (C=O) groups is 1. The minimum Gasteiger partial charge on any atom is -0.392 e. The molecule has 72 valence electrons. The Morgan fingerprint density at radius 3 is 3.14 bits per heavy atom. The molecule has 2 rings (SSSR count). The molecular formula is C11H11NO2. The number of rotatable bonds is 2. The van der Waals surface area contributed by atoms with E-state index in [4.69, 9.17) is 5.11 Å². The first kappa shape index (κ1) is 8.97. The van der Waals surface area contributed by atoms with E-state index in [1.165, 1.54) is 0 Å². The Balaban J connectivity index is 2.44. The number of amides is 1. The molecular weight excluding hydrogens is 178 g/mol. The van der Waals surface area contributed by atoms with E-state index in [2.05, 4.69) is 5.32 Å². The predicted molar refractivity (Wildman–Crippen MR) is 53.7 cm³/mol. The first-order chi connectivity index (χ1) is 6.83.